The number of guanidine groups is 1. The number of ether oxygens (including phenoxy) is 1. The van der Waals surface area contributed by atoms with Gasteiger partial charge in [-0.15, -0.1) is 6.58 Å². The highest BCUT2D eigenvalue weighted by Crippen LogP contribution is 2.36. The second-order valence-electron chi connectivity index (χ2n) is 7.22. The molecule has 0 saturated heterocycles. The first-order valence-electron chi connectivity index (χ1n) is 11.0. The number of aromatic nitrogens is 1. The Kier molecular flexibility index (Phi) is 10.9. The van der Waals surface area contributed by atoms with E-state index in [1.165, 1.54) is 6.21 Å². The summed E-state index contributed by atoms with van der Waals surface area (Å²) >= 11 is 0. The molecule has 0 bridgehead atoms. The van der Waals surface area contributed by atoms with Gasteiger partial charge in [-0.2, -0.15) is 0 Å². The molecule has 1 aliphatic rings. The van der Waals surface area contributed by atoms with E-state index in [0.29, 0.717) is 30.7 Å². The molecule has 1 aromatic heterocycles. The Bertz CT molecular complexity index is 1060. The van der Waals surface area contributed by atoms with Gasteiger partial charge in [-0.1, -0.05) is 24.8 Å². The van der Waals surface area contributed by atoms with Crippen molar-refractivity contribution in [2.24, 2.45) is 15.0 Å². The summed E-state index contributed by atoms with van der Waals surface area (Å²) in [5.74, 6) is 1.03. The van der Waals surface area contributed by atoms with Crippen LogP contribution in [0, 0.1) is 6.92 Å². The van der Waals surface area contributed by atoms with Crippen LogP contribution in [0.3, 0.4) is 0 Å². The standard InChI is InChI=1S/C26H32N6O2/c1-6-10-21(23-19-30-25-24(20(23)4)32(5)15-17-34-25)11-14-29-26(28-12-7-2)31-22(8-3)18-27-13-9-16-33/h6-8,10-11,13-14,16,18-19H,2-3,9,12,15,17H2,1,4-5H3,(H,28,31)/b10-6-,21-11+,22-18+,27-13?,29-14+. The molecule has 2 rings (SSSR count). The van der Waals surface area contributed by atoms with Crippen LogP contribution >= 0.6 is 0 Å². The molecule has 0 spiro atoms. The highest BCUT2D eigenvalue weighted by molar-refractivity contribution is 5.97. The molecule has 34 heavy (non-hydrogen) atoms. The van der Waals surface area contributed by atoms with Crippen molar-refractivity contribution < 1.29 is 9.53 Å². The maximum atomic E-state index is 10.4. The molecular formula is C26H32N6O2. The minimum absolute atomic E-state index is 0.244. The summed E-state index contributed by atoms with van der Waals surface area (Å²) in [5.41, 5.74) is 4.64. The number of aliphatic imine (C=N–C) groups is 3. The molecule has 0 radical (unpaired) electrons. The van der Waals surface area contributed by atoms with E-state index < -0.39 is 0 Å². The number of nitrogens with zero attached hydrogens (tertiary/aromatic N) is 5. The number of allylic oxidation sites excluding steroid dienone is 5. The fourth-order valence-electron chi connectivity index (χ4n) is 3.17. The third-order valence-corrected chi connectivity index (χ3v) is 4.79. The molecule has 178 valence electrons. The number of carbonyl (C=O) groups excluding carboxylic acids is 1. The fraction of sp³-hybridized carbons (Fsp3) is 0.269. The number of pyridine rings is 1. The van der Waals surface area contributed by atoms with Crippen molar-refractivity contribution in [2.45, 2.75) is 20.3 Å². The molecule has 0 unspecified atom stereocenters. The van der Waals surface area contributed by atoms with Gasteiger partial charge < -0.3 is 19.7 Å². The molecule has 2 heterocycles. The Morgan fingerprint density at radius 3 is 2.91 bits per heavy atom. The molecule has 1 N–H and O–H groups in total. The normalized spacial score (nSPS) is 15.0. The summed E-state index contributed by atoms with van der Waals surface area (Å²) in [5, 5.41) is 3.08. The molecule has 8 nitrogen and oxygen atoms in total. The van der Waals surface area contributed by atoms with E-state index in [2.05, 4.69) is 50.3 Å². The summed E-state index contributed by atoms with van der Waals surface area (Å²) in [7, 11) is 2.04. The zero-order chi connectivity index (χ0) is 24.8. The van der Waals surface area contributed by atoms with Crippen LogP contribution in [0.15, 0.2) is 76.6 Å². The van der Waals surface area contributed by atoms with Gasteiger partial charge in [0.1, 0.15) is 18.6 Å². The van der Waals surface area contributed by atoms with E-state index in [4.69, 9.17) is 4.74 Å². The van der Waals surface area contributed by atoms with Gasteiger partial charge in [0, 0.05) is 43.9 Å². The molecule has 1 aromatic rings. The molecule has 0 fully saturated rings. The number of hydrogen-bond donors (Lipinski definition) is 1. The summed E-state index contributed by atoms with van der Waals surface area (Å²) < 4.78 is 5.72. The molecule has 0 aliphatic carbocycles. The number of nitrogens with one attached hydrogen (secondary N) is 1. The molecule has 0 aromatic carbocycles. The van der Waals surface area contributed by atoms with E-state index in [9.17, 15) is 4.79 Å². The lowest BCUT2D eigenvalue weighted by Gasteiger charge is -2.29. The Morgan fingerprint density at radius 1 is 1.38 bits per heavy atom. The van der Waals surface area contributed by atoms with E-state index in [0.717, 1.165) is 35.2 Å². The van der Waals surface area contributed by atoms with Crippen molar-refractivity contribution in [3.05, 3.63) is 72.8 Å². The largest absolute Gasteiger partial charge is 0.474 e. The van der Waals surface area contributed by atoms with Crippen LogP contribution in [-0.2, 0) is 4.79 Å². The van der Waals surface area contributed by atoms with Crippen LogP contribution < -0.4 is 15.0 Å². The quantitative estimate of drug-likeness (QED) is 0.187. The van der Waals surface area contributed by atoms with Crippen LogP contribution in [0.4, 0.5) is 5.69 Å². The third-order valence-electron chi connectivity index (χ3n) is 4.79. The van der Waals surface area contributed by atoms with Gasteiger partial charge in [0.2, 0.25) is 11.8 Å². The Hall–Kier alpha value is -4.07. The fourth-order valence-corrected chi connectivity index (χ4v) is 3.17. The average Bonchev–Trinajstić information content (AvgIpc) is 2.84. The van der Waals surface area contributed by atoms with E-state index in [1.54, 1.807) is 24.6 Å². The maximum Gasteiger partial charge on any atom is 0.237 e. The lowest BCUT2D eigenvalue weighted by atomic mass is 10.00. The molecule has 0 atom stereocenters. The summed E-state index contributed by atoms with van der Waals surface area (Å²) in [4.78, 5) is 30.0. The van der Waals surface area contributed by atoms with Crippen molar-refractivity contribution in [2.75, 3.05) is 31.6 Å². The van der Waals surface area contributed by atoms with Gasteiger partial charge >= 0.3 is 0 Å². The minimum Gasteiger partial charge on any atom is -0.474 e. The van der Waals surface area contributed by atoms with Crippen LogP contribution in [0.2, 0.25) is 0 Å². The highest BCUT2D eigenvalue weighted by atomic mass is 16.5. The van der Waals surface area contributed by atoms with Crippen LogP contribution in [0.25, 0.3) is 5.57 Å². The zero-order valence-electron chi connectivity index (χ0n) is 20.1. The molecule has 0 saturated carbocycles. The molecular weight excluding hydrogens is 428 g/mol. The number of hydrogen-bond acceptors (Lipinski definition) is 6. The van der Waals surface area contributed by atoms with Gasteiger partial charge in [0.05, 0.1) is 18.8 Å². The van der Waals surface area contributed by atoms with Crippen molar-refractivity contribution in [1.82, 2.24) is 10.3 Å². The highest BCUT2D eigenvalue weighted by Gasteiger charge is 2.21. The van der Waals surface area contributed by atoms with Crippen molar-refractivity contribution in [3.63, 3.8) is 0 Å². The SMILES string of the molecule is C=CCN=C(/N=C/C=C(\C=C/C)c1cnc2c(c1C)N(C)CCO2)N/C(C=C)=C/N=CCC=O. The number of rotatable bonds is 10. The van der Waals surface area contributed by atoms with Crippen molar-refractivity contribution in [1.29, 1.82) is 0 Å². The third kappa shape index (κ3) is 7.51. The van der Waals surface area contributed by atoms with Crippen molar-refractivity contribution >= 4 is 35.9 Å². The van der Waals surface area contributed by atoms with Gasteiger partial charge in [-0.25, -0.2) is 15.0 Å². The molecule has 8 heteroatoms. The van der Waals surface area contributed by atoms with E-state index in [1.807, 2.05) is 38.4 Å². The lowest BCUT2D eigenvalue weighted by molar-refractivity contribution is -0.106. The minimum atomic E-state index is 0.244. The second-order valence-corrected chi connectivity index (χ2v) is 7.22. The summed E-state index contributed by atoms with van der Waals surface area (Å²) in [6.45, 7) is 13.3. The number of anilines is 1. The first-order chi connectivity index (χ1) is 16.5. The van der Waals surface area contributed by atoms with Gasteiger partial charge in [-0.3, -0.25) is 4.99 Å². The predicted octanol–water partition coefficient (Wildman–Crippen LogP) is 4.07. The van der Waals surface area contributed by atoms with Gasteiger partial charge in [-0.05, 0) is 37.1 Å². The smallest absolute Gasteiger partial charge is 0.237 e. The Labute approximate surface area is 201 Å². The van der Waals surface area contributed by atoms with Crippen LogP contribution in [-0.4, -0.2) is 56.4 Å². The van der Waals surface area contributed by atoms with E-state index >= 15 is 0 Å². The number of aldehydes is 1. The summed E-state index contributed by atoms with van der Waals surface area (Å²) in [6.07, 6.45) is 16.8. The Morgan fingerprint density at radius 2 is 2.21 bits per heavy atom. The van der Waals surface area contributed by atoms with Gasteiger partial charge in [0.15, 0.2) is 0 Å². The monoisotopic (exact) mass is 460 g/mol. The first kappa shape index (κ1) is 26.2. The summed E-state index contributed by atoms with van der Waals surface area (Å²) in [6, 6.07) is 0. The zero-order valence-corrected chi connectivity index (χ0v) is 20.1. The first-order valence-corrected chi connectivity index (χ1v) is 11.0. The number of fused-ring (bicyclic) bond motifs is 1. The Balaban J connectivity index is 2.34. The molecule has 0 amide bonds. The number of carbonyl (C=O) groups is 1. The predicted molar refractivity (Wildman–Crippen MR) is 142 cm³/mol. The van der Waals surface area contributed by atoms with Crippen molar-refractivity contribution in [3.8, 4) is 5.88 Å². The van der Waals surface area contributed by atoms with E-state index in [-0.39, 0.29) is 6.42 Å². The maximum absolute atomic E-state index is 10.4. The van der Waals surface area contributed by atoms with Gasteiger partial charge in [0.25, 0.3) is 0 Å². The molecule has 1 aliphatic heterocycles. The van der Waals surface area contributed by atoms with Crippen LogP contribution in [0.1, 0.15) is 24.5 Å². The topological polar surface area (TPSA) is 91.5 Å². The average molecular weight is 461 g/mol. The number of likely N-dealkylation sites (N-methyl/N-ethyl adjacent to an activating group) is 1. The lowest BCUT2D eigenvalue weighted by Crippen LogP contribution is -2.30. The van der Waals surface area contributed by atoms with Crippen LogP contribution in [0.5, 0.6) is 5.88 Å². The second kappa shape index (κ2) is 14.2.